The molecule has 0 aliphatic heterocycles. The van der Waals surface area contributed by atoms with Gasteiger partial charge in [0.05, 0.1) is 0 Å². The lowest BCUT2D eigenvalue weighted by Gasteiger charge is -2.17. The first-order valence-electron chi connectivity index (χ1n) is 5.13. The molecule has 0 unspecified atom stereocenters. The minimum atomic E-state index is 0.0407. The molecule has 82 valence electrons. The molecule has 1 heterocycles. The zero-order valence-corrected chi connectivity index (χ0v) is 9.58. The molecule has 1 N–H and O–H groups in total. The fourth-order valence-electron chi connectivity index (χ4n) is 1.25. The van der Waals surface area contributed by atoms with Crippen molar-refractivity contribution in [2.75, 3.05) is 0 Å². The number of amides is 1. The molecule has 1 rings (SSSR count). The van der Waals surface area contributed by atoms with Gasteiger partial charge in [0.15, 0.2) is 0 Å². The van der Waals surface area contributed by atoms with E-state index in [-0.39, 0.29) is 11.3 Å². The molecule has 0 saturated carbocycles. The second-order valence-corrected chi connectivity index (χ2v) is 4.88. The molecule has 0 aliphatic carbocycles. The van der Waals surface area contributed by atoms with Crippen LogP contribution in [0, 0.1) is 5.41 Å². The summed E-state index contributed by atoms with van der Waals surface area (Å²) in [7, 11) is 0. The maximum Gasteiger partial charge on any atom is 0.220 e. The van der Waals surface area contributed by atoms with Gasteiger partial charge in [-0.15, -0.1) is 0 Å². The molecule has 1 aromatic rings. The molecule has 0 atom stereocenters. The van der Waals surface area contributed by atoms with Crippen LogP contribution in [0.15, 0.2) is 24.5 Å². The summed E-state index contributed by atoms with van der Waals surface area (Å²) < 4.78 is 0. The quantitative estimate of drug-likeness (QED) is 0.823. The molecule has 0 aliphatic rings. The highest BCUT2D eigenvalue weighted by atomic mass is 16.1. The number of rotatable bonds is 3. The van der Waals surface area contributed by atoms with Gasteiger partial charge < -0.3 is 5.32 Å². The summed E-state index contributed by atoms with van der Waals surface area (Å²) in [6.07, 6.45) is 4.03. The standard InChI is InChI=1S/C12H18N2O/c1-12(2,3)7-11(15)14-9-10-5-4-6-13-8-10/h4-6,8H,7,9H2,1-3H3,(H,14,15). The molecule has 15 heavy (non-hydrogen) atoms. The summed E-state index contributed by atoms with van der Waals surface area (Å²) in [5, 5.41) is 2.88. The van der Waals surface area contributed by atoms with Crippen LogP contribution in [-0.2, 0) is 11.3 Å². The van der Waals surface area contributed by atoms with Crippen molar-refractivity contribution in [3.63, 3.8) is 0 Å². The zero-order valence-electron chi connectivity index (χ0n) is 9.58. The number of nitrogens with zero attached hydrogens (tertiary/aromatic N) is 1. The molecule has 0 spiro atoms. The van der Waals surface area contributed by atoms with Crippen LogP contribution in [0.25, 0.3) is 0 Å². The average molecular weight is 206 g/mol. The maximum atomic E-state index is 11.5. The van der Waals surface area contributed by atoms with Gasteiger partial charge in [0, 0.05) is 25.4 Å². The van der Waals surface area contributed by atoms with E-state index < -0.39 is 0 Å². The van der Waals surface area contributed by atoms with Gasteiger partial charge >= 0.3 is 0 Å². The number of carbonyl (C=O) groups is 1. The Morgan fingerprint density at radius 1 is 1.47 bits per heavy atom. The Bertz CT molecular complexity index is 314. The first-order chi connectivity index (χ1) is 6.97. The summed E-state index contributed by atoms with van der Waals surface area (Å²) in [5.74, 6) is 0.0892. The minimum absolute atomic E-state index is 0.0407. The lowest BCUT2D eigenvalue weighted by molar-refractivity contribution is -0.122. The van der Waals surface area contributed by atoms with Crippen LogP contribution in [0.1, 0.15) is 32.8 Å². The van der Waals surface area contributed by atoms with E-state index in [4.69, 9.17) is 0 Å². The van der Waals surface area contributed by atoms with E-state index in [1.165, 1.54) is 0 Å². The third-order valence-electron chi connectivity index (χ3n) is 1.90. The van der Waals surface area contributed by atoms with E-state index in [1.54, 1.807) is 12.4 Å². The van der Waals surface area contributed by atoms with Crippen LogP contribution in [0.2, 0.25) is 0 Å². The molecule has 3 heteroatoms. The SMILES string of the molecule is CC(C)(C)CC(=O)NCc1cccnc1. The van der Waals surface area contributed by atoms with Gasteiger partial charge in [-0.2, -0.15) is 0 Å². The molecule has 0 saturated heterocycles. The fraction of sp³-hybridized carbons (Fsp3) is 0.500. The van der Waals surface area contributed by atoms with E-state index in [2.05, 4.69) is 31.1 Å². The molecule has 3 nitrogen and oxygen atoms in total. The smallest absolute Gasteiger partial charge is 0.220 e. The van der Waals surface area contributed by atoms with Gasteiger partial charge in [-0.1, -0.05) is 26.8 Å². The van der Waals surface area contributed by atoms with Crippen molar-refractivity contribution in [2.24, 2.45) is 5.41 Å². The molecule has 0 aromatic carbocycles. The van der Waals surface area contributed by atoms with E-state index >= 15 is 0 Å². The van der Waals surface area contributed by atoms with E-state index in [1.807, 2.05) is 12.1 Å². The molecule has 1 aromatic heterocycles. The summed E-state index contributed by atoms with van der Waals surface area (Å²) in [4.78, 5) is 15.5. The Morgan fingerprint density at radius 2 is 2.20 bits per heavy atom. The third kappa shape index (κ3) is 5.15. The molecule has 0 fully saturated rings. The maximum absolute atomic E-state index is 11.5. The first kappa shape index (κ1) is 11.7. The van der Waals surface area contributed by atoms with Crippen molar-refractivity contribution in [1.82, 2.24) is 10.3 Å². The lowest BCUT2D eigenvalue weighted by atomic mass is 9.92. The number of carbonyl (C=O) groups excluding carboxylic acids is 1. The average Bonchev–Trinajstić information content (AvgIpc) is 2.14. The number of hydrogen-bond acceptors (Lipinski definition) is 2. The van der Waals surface area contributed by atoms with Crippen LogP contribution < -0.4 is 5.32 Å². The monoisotopic (exact) mass is 206 g/mol. The highest BCUT2D eigenvalue weighted by molar-refractivity contribution is 5.76. The van der Waals surface area contributed by atoms with Crippen molar-refractivity contribution in [2.45, 2.75) is 33.7 Å². The minimum Gasteiger partial charge on any atom is -0.352 e. The van der Waals surface area contributed by atoms with Gasteiger partial charge in [0.25, 0.3) is 0 Å². The summed E-state index contributed by atoms with van der Waals surface area (Å²) in [5.41, 5.74) is 1.07. The third-order valence-corrected chi connectivity index (χ3v) is 1.90. The Kier molecular flexibility index (Phi) is 3.83. The summed E-state index contributed by atoms with van der Waals surface area (Å²) in [6, 6.07) is 3.82. The Balaban J connectivity index is 2.35. The van der Waals surface area contributed by atoms with Crippen LogP contribution in [0.3, 0.4) is 0 Å². The number of pyridine rings is 1. The van der Waals surface area contributed by atoms with Crippen molar-refractivity contribution in [1.29, 1.82) is 0 Å². The van der Waals surface area contributed by atoms with E-state index in [0.29, 0.717) is 13.0 Å². The van der Waals surface area contributed by atoms with Gasteiger partial charge in [-0.3, -0.25) is 9.78 Å². The number of aromatic nitrogens is 1. The summed E-state index contributed by atoms with van der Waals surface area (Å²) >= 11 is 0. The van der Waals surface area contributed by atoms with E-state index in [0.717, 1.165) is 5.56 Å². The van der Waals surface area contributed by atoms with Crippen LogP contribution in [0.5, 0.6) is 0 Å². The number of nitrogens with one attached hydrogen (secondary N) is 1. The largest absolute Gasteiger partial charge is 0.352 e. The number of hydrogen-bond donors (Lipinski definition) is 1. The van der Waals surface area contributed by atoms with Crippen LogP contribution in [0.4, 0.5) is 0 Å². The van der Waals surface area contributed by atoms with Crippen molar-refractivity contribution in [3.8, 4) is 0 Å². The van der Waals surface area contributed by atoms with Crippen molar-refractivity contribution >= 4 is 5.91 Å². The normalized spacial score (nSPS) is 11.1. The highest BCUT2D eigenvalue weighted by Crippen LogP contribution is 2.17. The lowest BCUT2D eigenvalue weighted by Crippen LogP contribution is -2.27. The van der Waals surface area contributed by atoms with Gasteiger partial charge in [-0.25, -0.2) is 0 Å². The molecular weight excluding hydrogens is 188 g/mol. The Hall–Kier alpha value is -1.38. The predicted molar refractivity (Wildman–Crippen MR) is 60.2 cm³/mol. The van der Waals surface area contributed by atoms with Gasteiger partial charge in [0.1, 0.15) is 0 Å². The molecule has 0 bridgehead atoms. The van der Waals surface area contributed by atoms with Gasteiger partial charge in [0.2, 0.25) is 5.91 Å². The first-order valence-corrected chi connectivity index (χ1v) is 5.13. The highest BCUT2D eigenvalue weighted by Gasteiger charge is 2.15. The molecule has 1 amide bonds. The van der Waals surface area contributed by atoms with E-state index in [9.17, 15) is 4.79 Å². The van der Waals surface area contributed by atoms with Crippen molar-refractivity contribution < 1.29 is 4.79 Å². The van der Waals surface area contributed by atoms with Crippen molar-refractivity contribution in [3.05, 3.63) is 30.1 Å². The van der Waals surface area contributed by atoms with Crippen LogP contribution in [-0.4, -0.2) is 10.9 Å². The topological polar surface area (TPSA) is 42.0 Å². The summed E-state index contributed by atoms with van der Waals surface area (Å²) in [6.45, 7) is 6.71. The predicted octanol–water partition coefficient (Wildman–Crippen LogP) is 2.13. The Morgan fingerprint density at radius 3 is 2.73 bits per heavy atom. The zero-order chi connectivity index (χ0) is 11.3. The van der Waals surface area contributed by atoms with Crippen LogP contribution >= 0.6 is 0 Å². The fourth-order valence-corrected chi connectivity index (χ4v) is 1.25. The second-order valence-electron chi connectivity index (χ2n) is 4.88. The molecular formula is C12H18N2O. The Labute approximate surface area is 90.9 Å². The molecule has 0 radical (unpaired) electrons. The second kappa shape index (κ2) is 4.91. The van der Waals surface area contributed by atoms with Gasteiger partial charge in [-0.05, 0) is 17.0 Å².